The van der Waals surface area contributed by atoms with E-state index in [0.29, 0.717) is 17.2 Å². The van der Waals surface area contributed by atoms with Crippen LogP contribution in [0.3, 0.4) is 0 Å². The lowest BCUT2D eigenvalue weighted by Crippen LogP contribution is -2.30. The van der Waals surface area contributed by atoms with Crippen LogP contribution < -0.4 is 16.4 Å². The van der Waals surface area contributed by atoms with E-state index in [-0.39, 0.29) is 34.2 Å². The van der Waals surface area contributed by atoms with Crippen molar-refractivity contribution in [2.45, 2.75) is 32.9 Å². The highest BCUT2D eigenvalue weighted by Gasteiger charge is 2.22. The average Bonchev–Trinajstić information content (AvgIpc) is 2.76. The van der Waals surface area contributed by atoms with Crippen molar-refractivity contribution in [2.24, 2.45) is 0 Å². The van der Waals surface area contributed by atoms with Crippen LogP contribution in [0.15, 0.2) is 42.6 Å². The molecule has 1 aromatic heterocycles. The summed E-state index contributed by atoms with van der Waals surface area (Å²) in [6.45, 7) is 5.04. The van der Waals surface area contributed by atoms with Crippen molar-refractivity contribution < 1.29 is 27.9 Å². The standard InChI is InChI=1S/C24H23F3N4O3/c1-11(2)30-23(33)18-8-14(10-29-22(18)28)17-4-5-19(20(27)12(17)3)31-24(34)21(32)13-6-15(25)9-16(26)7-13/h4-11,21,32H,1-3H3,(H2,28,29)(H,30,33)(H,31,34). The third-order valence-electron chi connectivity index (χ3n) is 4.99. The monoisotopic (exact) mass is 472 g/mol. The van der Waals surface area contributed by atoms with E-state index in [0.717, 1.165) is 12.1 Å². The molecule has 1 atom stereocenters. The molecule has 0 aliphatic rings. The van der Waals surface area contributed by atoms with Gasteiger partial charge in [-0.25, -0.2) is 18.2 Å². The fourth-order valence-electron chi connectivity index (χ4n) is 3.32. The van der Waals surface area contributed by atoms with Crippen LogP contribution >= 0.6 is 0 Å². The van der Waals surface area contributed by atoms with Crippen LogP contribution in [0.4, 0.5) is 24.7 Å². The predicted molar refractivity (Wildman–Crippen MR) is 121 cm³/mol. The Hall–Kier alpha value is -3.92. The van der Waals surface area contributed by atoms with E-state index in [1.165, 1.54) is 31.3 Å². The topological polar surface area (TPSA) is 117 Å². The molecule has 0 fully saturated rings. The van der Waals surface area contributed by atoms with E-state index < -0.39 is 35.4 Å². The average molecular weight is 472 g/mol. The molecule has 10 heteroatoms. The molecule has 0 aliphatic carbocycles. The van der Waals surface area contributed by atoms with Gasteiger partial charge in [0, 0.05) is 23.9 Å². The van der Waals surface area contributed by atoms with Gasteiger partial charge in [0.1, 0.15) is 23.3 Å². The number of nitrogen functional groups attached to an aromatic ring is 1. The summed E-state index contributed by atoms with van der Waals surface area (Å²) in [6, 6.07) is 6.33. The first-order chi connectivity index (χ1) is 16.0. The Balaban J connectivity index is 1.88. The predicted octanol–water partition coefficient (Wildman–Crippen LogP) is 3.87. The van der Waals surface area contributed by atoms with Gasteiger partial charge in [0.15, 0.2) is 6.10 Å². The quantitative estimate of drug-likeness (QED) is 0.435. The highest BCUT2D eigenvalue weighted by molar-refractivity contribution is 6.00. The Bertz CT molecular complexity index is 1240. The molecule has 2 aromatic carbocycles. The van der Waals surface area contributed by atoms with Crippen LogP contribution in [0.2, 0.25) is 0 Å². The van der Waals surface area contributed by atoms with Crippen molar-refractivity contribution in [3.8, 4) is 11.1 Å². The number of hydrogen-bond acceptors (Lipinski definition) is 5. The number of amides is 2. The molecular weight excluding hydrogens is 449 g/mol. The number of carbonyl (C=O) groups is 2. The summed E-state index contributed by atoms with van der Waals surface area (Å²) in [5.41, 5.74) is 6.34. The van der Waals surface area contributed by atoms with Crippen LogP contribution in [0.25, 0.3) is 11.1 Å². The molecule has 0 bridgehead atoms. The lowest BCUT2D eigenvalue weighted by Gasteiger charge is -2.16. The first kappa shape index (κ1) is 24.7. The zero-order chi connectivity index (χ0) is 25.2. The SMILES string of the molecule is Cc1c(-c2cnc(N)c(C(=O)NC(C)C)c2)ccc(NC(=O)C(O)c2cc(F)cc(F)c2)c1F. The largest absolute Gasteiger partial charge is 0.383 e. The summed E-state index contributed by atoms with van der Waals surface area (Å²) >= 11 is 0. The Kier molecular flexibility index (Phi) is 7.21. The summed E-state index contributed by atoms with van der Waals surface area (Å²) in [5.74, 6) is -4.21. The van der Waals surface area contributed by atoms with Gasteiger partial charge in [0.25, 0.3) is 11.8 Å². The molecule has 1 heterocycles. The van der Waals surface area contributed by atoms with Crippen LogP contribution in [-0.4, -0.2) is 27.9 Å². The first-order valence-corrected chi connectivity index (χ1v) is 10.3. The van der Waals surface area contributed by atoms with Crippen molar-refractivity contribution in [1.82, 2.24) is 10.3 Å². The number of nitrogens with zero attached hydrogens (tertiary/aromatic N) is 1. The van der Waals surface area contributed by atoms with E-state index >= 15 is 4.39 Å². The van der Waals surface area contributed by atoms with Gasteiger partial charge in [0.05, 0.1) is 11.3 Å². The minimum Gasteiger partial charge on any atom is -0.383 e. The molecule has 3 rings (SSSR count). The maximum absolute atomic E-state index is 15.1. The molecule has 0 radical (unpaired) electrons. The smallest absolute Gasteiger partial charge is 0.257 e. The number of benzene rings is 2. The number of aliphatic hydroxyl groups excluding tert-OH is 1. The van der Waals surface area contributed by atoms with Crippen molar-refractivity contribution >= 4 is 23.3 Å². The van der Waals surface area contributed by atoms with Gasteiger partial charge in [-0.2, -0.15) is 0 Å². The molecule has 7 nitrogen and oxygen atoms in total. The number of carbonyl (C=O) groups excluding carboxylic acids is 2. The van der Waals surface area contributed by atoms with Crippen molar-refractivity contribution in [3.05, 3.63) is 76.7 Å². The number of rotatable bonds is 6. The third-order valence-corrected chi connectivity index (χ3v) is 4.99. The Morgan fingerprint density at radius 3 is 2.32 bits per heavy atom. The lowest BCUT2D eigenvalue weighted by molar-refractivity contribution is -0.124. The highest BCUT2D eigenvalue weighted by atomic mass is 19.1. The van der Waals surface area contributed by atoms with E-state index in [4.69, 9.17) is 5.73 Å². The van der Waals surface area contributed by atoms with Gasteiger partial charge in [-0.3, -0.25) is 9.59 Å². The maximum atomic E-state index is 15.1. The Labute approximate surface area is 193 Å². The van der Waals surface area contributed by atoms with Gasteiger partial charge in [-0.05, 0) is 61.7 Å². The van der Waals surface area contributed by atoms with Crippen LogP contribution in [0, 0.1) is 24.4 Å². The molecule has 0 aliphatic heterocycles. The number of pyridine rings is 1. The first-order valence-electron chi connectivity index (χ1n) is 10.3. The fraction of sp³-hybridized carbons (Fsp3) is 0.208. The number of halogens is 3. The highest BCUT2D eigenvalue weighted by Crippen LogP contribution is 2.31. The summed E-state index contributed by atoms with van der Waals surface area (Å²) < 4.78 is 41.8. The number of nitrogens with one attached hydrogen (secondary N) is 2. The molecule has 2 amide bonds. The fourth-order valence-corrected chi connectivity index (χ4v) is 3.32. The molecule has 3 aromatic rings. The molecule has 0 saturated carbocycles. The summed E-state index contributed by atoms with van der Waals surface area (Å²) in [5, 5.41) is 15.1. The second kappa shape index (κ2) is 9.92. The number of aliphatic hydroxyl groups is 1. The van der Waals surface area contributed by atoms with Gasteiger partial charge in [0.2, 0.25) is 0 Å². The molecule has 0 saturated heterocycles. The minimum absolute atomic E-state index is 0.0201. The molecule has 34 heavy (non-hydrogen) atoms. The molecule has 178 valence electrons. The molecule has 1 unspecified atom stereocenters. The van der Waals surface area contributed by atoms with Gasteiger partial charge < -0.3 is 21.5 Å². The second-order valence-corrected chi connectivity index (χ2v) is 7.98. The molecule has 5 N–H and O–H groups in total. The van der Waals surface area contributed by atoms with E-state index in [2.05, 4.69) is 15.6 Å². The maximum Gasteiger partial charge on any atom is 0.257 e. The number of hydrogen-bond donors (Lipinski definition) is 4. The van der Waals surface area contributed by atoms with Crippen molar-refractivity contribution in [2.75, 3.05) is 11.1 Å². The van der Waals surface area contributed by atoms with E-state index in [1.807, 2.05) is 0 Å². The van der Waals surface area contributed by atoms with Gasteiger partial charge >= 0.3 is 0 Å². The summed E-state index contributed by atoms with van der Waals surface area (Å²) in [7, 11) is 0. The van der Waals surface area contributed by atoms with E-state index in [1.54, 1.807) is 13.8 Å². The normalized spacial score (nSPS) is 11.9. The van der Waals surface area contributed by atoms with Gasteiger partial charge in [-0.1, -0.05) is 6.07 Å². The molecule has 0 spiro atoms. The zero-order valence-electron chi connectivity index (χ0n) is 18.6. The summed E-state index contributed by atoms with van der Waals surface area (Å²) in [4.78, 5) is 28.8. The number of aromatic nitrogens is 1. The second-order valence-electron chi connectivity index (χ2n) is 7.98. The Morgan fingerprint density at radius 1 is 1.06 bits per heavy atom. The minimum atomic E-state index is -1.92. The van der Waals surface area contributed by atoms with Crippen LogP contribution in [0.1, 0.15) is 41.4 Å². The van der Waals surface area contributed by atoms with Crippen LogP contribution in [0.5, 0.6) is 0 Å². The van der Waals surface area contributed by atoms with Crippen molar-refractivity contribution in [1.29, 1.82) is 0 Å². The lowest BCUT2D eigenvalue weighted by atomic mass is 9.99. The van der Waals surface area contributed by atoms with E-state index in [9.17, 15) is 23.5 Å². The molecular formula is C24H23F3N4O3. The third kappa shape index (κ3) is 5.34. The van der Waals surface area contributed by atoms with Crippen molar-refractivity contribution in [3.63, 3.8) is 0 Å². The zero-order valence-corrected chi connectivity index (χ0v) is 18.6. The number of nitrogens with two attached hydrogens (primary N) is 1. The Morgan fingerprint density at radius 2 is 1.71 bits per heavy atom. The van der Waals surface area contributed by atoms with Gasteiger partial charge in [-0.15, -0.1) is 0 Å². The summed E-state index contributed by atoms with van der Waals surface area (Å²) in [6.07, 6.45) is -0.531. The number of anilines is 2. The van der Waals surface area contributed by atoms with Crippen LogP contribution in [-0.2, 0) is 4.79 Å².